The van der Waals surface area contributed by atoms with Crippen molar-refractivity contribution in [3.63, 3.8) is 0 Å². The molecule has 0 aliphatic heterocycles. The van der Waals surface area contributed by atoms with Gasteiger partial charge in [-0.05, 0) is 44.2 Å². The fourth-order valence-corrected chi connectivity index (χ4v) is 2.39. The number of aliphatic carboxylic acids is 1. The lowest BCUT2D eigenvalue weighted by Crippen LogP contribution is -2.21. The van der Waals surface area contributed by atoms with Gasteiger partial charge in [-0.15, -0.1) is 0 Å². The Labute approximate surface area is 100 Å². The van der Waals surface area contributed by atoms with Gasteiger partial charge in [0.25, 0.3) is 0 Å². The Hall–Kier alpha value is -1.49. The van der Waals surface area contributed by atoms with E-state index in [9.17, 15) is 9.90 Å². The molecule has 2 rings (SSSR count). The fourth-order valence-electron chi connectivity index (χ4n) is 2.39. The minimum atomic E-state index is -0.845. The number of carbonyl (C=O) groups is 1. The summed E-state index contributed by atoms with van der Waals surface area (Å²) in [6.45, 7) is 0.357. The van der Waals surface area contributed by atoms with Gasteiger partial charge in [0.2, 0.25) is 0 Å². The van der Waals surface area contributed by atoms with Crippen LogP contribution in [0, 0.1) is 0 Å². The number of hydrogen-bond acceptors (Lipinski definition) is 4. The first kappa shape index (κ1) is 12.0. The number of nitrogens with zero attached hydrogens (tertiary/aromatic N) is 2. The van der Waals surface area contributed by atoms with Gasteiger partial charge in [0.05, 0.1) is 5.69 Å². The molecule has 0 radical (unpaired) electrons. The molecule has 0 bridgehead atoms. The summed E-state index contributed by atoms with van der Waals surface area (Å²) in [4.78, 5) is 19.7. The molecule has 0 amide bonds. The lowest BCUT2D eigenvalue weighted by Gasteiger charge is -2.20. The summed E-state index contributed by atoms with van der Waals surface area (Å²) in [5.41, 5.74) is 8.21. The van der Waals surface area contributed by atoms with E-state index in [0.717, 1.165) is 36.9 Å². The molecule has 1 aromatic heterocycles. The van der Waals surface area contributed by atoms with Gasteiger partial charge < -0.3 is 10.8 Å². The number of hydrogen-bond donors (Lipinski definition) is 2. The van der Waals surface area contributed by atoms with Crippen molar-refractivity contribution in [2.75, 3.05) is 6.54 Å². The summed E-state index contributed by atoms with van der Waals surface area (Å²) in [6, 6.07) is 0. The van der Waals surface area contributed by atoms with E-state index in [4.69, 9.17) is 5.73 Å². The first-order valence-corrected chi connectivity index (χ1v) is 5.99. The van der Waals surface area contributed by atoms with Crippen molar-refractivity contribution in [1.29, 1.82) is 0 Å². The molecule has 0 fully saturated rings. The molecule has 92 valence electrons. The number of carboxylic acids is 1. The molecule has 5 heteroatoms. The first-order valence-electron chi connectivity index (χ1n) is 5.99. The molecule has 1 aliphatic rings. The number of aryl methyl sites for hydroxylation is 1. The van der Waals surface area contributed by atoms with Crippen LogP contribution in [0.5, 0.6) is 0 Å². The molecule has 3 N–H and O–H groups in total. The van der Waals surface area contributed by atoms with E-state index < -0.39 is 11.9 Å². The van der Waals surface area contributed by atoms with Gasteiger partial charge in [0.1, 0.15) is 12.2 Å². The lowest BCUT2D eigenvalue weighted by atomic mass is 9.89. The normalized spacial score (nSPS) is 16.3. The second kappa shape index (κ2) is 5.23. The third-order valence-corrected chi connectivity index (χ3v) is 3.24. The molecule has 1 heterocycles. The van der Waals surface area contributed by atoms with Gasteiger partial charge in [-0.25, -0.2) is 9.97 Å². The summed E-state index contributed by atoms with van der Waals surface area (Å²) in [5.74, 6) is -1.43. The van der Waals surface area contributed by atoms with Crippen LogP contribution in [0.3, 0.4) is 0 Å². The van der Waals surface area contributed by atoms with Crippen molar-refractivity contribution in [3.8, 4) is 0 Å². The highest BCUT2D eigenvalue weighted by Gasteiger charge is 2.26. The molecular formula is C12H17N3O2. The zero-order chi connectivity index (χ0) is 12.3. The SMILES string of the molecule is NCCC(C(=O)O)c1ncnc2c1CCCC2. The monoisotopic (exact) mass is 235 g/mol. The van der Waals surface area contributed by atoms with Gasteiger partial charge in [0, 0.05) is 5.69 Å². The van der Waals surface area contributed by atoms with Gasteiger partial charge in [-0.1, -0.05) is 0 Å². The van der Waals surface area contributed by atoms with Crippen molar-refractivity contribution in [1.82, 2.24) is 9.97 Å². The van der Waals surface area contributed by atoms with Gasteiger partial charge in [-0.3, -0.25) is 4.79 Å². The van der Waals surface area contributed by atoms with Crippen LogP contribution in [0.2, 0.25) is 0 Å². The number of rotatable bonds is 4. The molecule has 1 aliphatic carbocycles. The van der Waals surface area contributed by atoms with Gasteiger partial charge in [-0.2, -0.15) is 0 Å². The molecule has 0 spiro atoms. The van der Waals surface area contributed by atoms with Crippen LogP contribution in [0.4, 0.5) is 0 Å². The Bertz CT molecular complexity index is 420. The molecule has 0 aromatic carbocycles. The maximum atomic E-state index is 11.3. The Balaban J connectivity index is 2.39. The average Bonchev–Trinajstić information content (AvgIpc) is 2.35. The van der Waals surface area contributed by atoms with E-state index in [1.165, 1.54) is 6.33 Å². The molecule has 1 unspecified atom stereocenters. The van der Waals surface area contributed by atoms with Crippen molar-refractivity contribution in [2.24, 2.45) is 5.73 Å². The van der Waals surface area contributed by atoms with E-state index in [-0.39, 0.29) is 0 Å². The largest absolute Gasteiger partial charge is 0.481 e. The highest BCUT2D eigenvalue weighted by atomic mass is 16.4. The van der Waals surface area contributed by atoms with E-state index >= 15 is 0 Å². The molecular weight excluding hydrogens is 218 g/mol. The summed E-state index contributed by atoms with van der Waals surface area (Å²) in [6.07, 6.45) is 5.94. The van der Waals surface area contributed by atoms with Crippen LogP contribution in [0.1, 0.15) is 42.1 Å². The van der Waals surface area contributed by atoms with Crippen LogP contribution < -0.4 is 5.73 Å². The quantitative estimate of drug-likeness (QED) is 0.808. The summed E-state index contributed by atoms with van der Waals surface area (Å²) < 4.78 is 0. The predicted molar refractivity (Wildman–Crippen MR) is 62.7 cm³/mol. The second-order valence-corrected chi connectivity index (χ2v) is 4.36. The highest BCUT2D eigenvalue weighted by molar-refractivity contribution is 5.76. The third kappa shape index (κ3) is 2.44. The Kier molecular flexibility index (Phi) is 3.68. The van der Waals surface area contributed by atoms with Crippen molar-refractivity contribution >= 4 is 5.97 Å². The standard InChI is InChI=1S/C12H17N3O2/c13-6-5-9(12(16)17)11-8-3-1-2-4-10(8)14-7-15-11/h7,9H,1-6,13H2,(H,16,17). The molecule has 1 atom stereocenters. The van der Waals surface area contributed by atoms with Crippen LogP contribution in [-0.4, -0.2) is 27.6 Å². The van der Waals surface area contributed by atoms with Crippen LogP contribution in [0.25, 0.3) is 0 Å². The fraction of sp³-hybridized carbons (Fsp3) is 0.583. The topological polar surface area (TPSA) is 89.1 Å². The minimum absolute atomic E-state index is 0.357. The molecule has 0 saturated carbocycles. The summed E-state index contributed by atoms with van der Waals surface area (Å²) in [7, 11) is 0. The van der Waals surface area contributed by atoms with E-state index in [2.05, 4.69) is 9.97 Å². The molecule has 17 heavy (non-hydrogen) atoms. The predicted octanol–water partition coefficient (Wildman–Crippen LogP) is 0.872. The molecule has 0 saturated heterocycles. The molecule has 1 aromatic rings. The maximum absolute atomic E-state index is 11.3. The van der Waals surface area contributed by atoms with Crippen LogP contribution >= 0.6 is 0 Å². The van der Waals surface area contributed by atoms with Crippen LogP contribution in [-0.2, 0) is 17.6 Å². The minimum Gasteiger partial charge on any atom is -0.481 e. The first-order chi connectivity index (χ1) is 8.24. The number of carboxylic acid groups (broad SMARTS) is 1. The van der Waals surface area contributed by atoms with Gasteiger partial charge >= 0.3 is 5.97 Å². The van der Waals surface area contributed by atoms with E-state index in [1.807, 2.05) is 0 Å². The number of aromatic nitrogens is 2. The Morgan fingerprint density at radius 3 is 2.88 bits per heavy atom. The van der Waals surface area contributed by atoms with E-state index in [1.54, 1.807) is 0 Å². The Morgan fingerprint density at radius 1 is 1.41 bits per heavy atom. The van der Waals surface area contributed by atoms with Crippen molar-refractivity contribution in [2.45, 2.75) is 38.0 Å². The average molecular weight is 235 g/mol. The second-order valence-electron chi connectivity index (χ2n) is 4.36. The number of fused-ring (bicyclic) bond motifs is 1. The van der Waals surface area contributed by atoms with Gasteiger partial charge in [0.15, 0.2) is 0 Å². The maximum Gasteiger partial charge on any atom is 0.312 e. The number of nitrogens with two attached hydrogens (primary N) is 1. The zero-order valence-electron chi connectivity index (χ0n) is 9.72. The lowest BCUT2D eigenvalue weighted by molar-refractivity contribution is -0.139. The van der Waals surface area contributed by atoms with Crippen LogP contribution in [0.15, 0.2) is 6.33 Å². The smallest absolute Gasteiger partial charge is 0.312 e. The van der Waals surface area contributed by atoms with E-state index in [0.29, 0.717) is 18.7 Å². The summed E-state index contributed by atoms with van der Waals surface area (Å²) in [5, 5.41) is 9.24. The summed E-state index contributed by atoms with van der Waals surface area (Å²) >= 11 is 0. The van der Waals surface area contributed by atoms with Crippen molar-refractivity contribution in [3.05, 3.63) is 23.3 Å². The zero-order valence-corrected chi connectivity index (χ0v) is 9.72. The third-order valence-electron chi connectivity index (χ3n) is 3.24. The van der Waals surface area contributed by atoms with Crippen molar-refractivity contribution < 1.29 is 9.90 Å². The molecule has 5 nitrogen and oxygen atoms in total. The highest BCUT2D eigenvalue weighted by Crippen LogP contribution is 2.27. The Morgan fingerprint density at radius 2 is 2.18 bits per heavy atom.